The normalized spacial score (nSPS) is 11.8. The van der Waals surface area contributed by atoms with Crippen molar-refractivity contribution in [2.24, 2.45) is 0 Å². The molecule has 0 unspecified atom stereocenters. The third-order valence-corrected chi connectivity index (χ3v) is 5.22. The van der Waals surface area contributed by atoms with Crippen LogP contribution in [0.15, 0.2) is 54.6 Å². The number of amides is 1. The monoisotopic (exact) mass is 482 g/mol. The van der Waals surface area contributed by atoms with E-state index in [0.717, 1.165) is 6.07 Å². The van der Waals surface area contributed by atoms with E-state index < -0.39 is 40.7 Å². The highest BCUT2D eigenvalue weighted by Crippen LogP contribution is 2.41. The smallest absolute Gasteiger partial charge is 0.322 e. The number of pyridine rings is 1. The molecule has 2 aromatic heterocycles. The molecule has 0 atom stereocenters. The molecule has 0 aliphatic heterocycles. The van der Waals surface area contributed by atoms with Crippen LogP contribution in [0.5, 0.6) is 0 Å². The van der Waals surface area contributed by atoms with Gasteiger partial charge in [-0.05, 0) is 54.4 Å². The second kappa shape index (κ2) is 8.15. The van der Waals surface area contributed by atoms with Crippen molar-refractivity contribution in [2.45, 2.75) is 13.1 Å². The van der Waals surface area contributed by atoms with Crippen LogP contribution < -0.4 is 5.32 Å². The lowest BCUT2D eigenvalue weighted by Crippen LogP contribution is -2.14. The zero-order chi connectivity index (χ0) is 24.1. The minimum absolute atomic E-state index is 0.0849. The summed E-state index contributed by atoms with van der Waals surface area (Å²) in [5.74, 6) is -5.16. The lowest BCUT2D eigenvalue weighted by molar-refractivity contribution is -0.137. The molecule has 1 N–H and O–H groups in total. The van der Waals surface area contributed by atoms with Crippen LogP contribution in [0.2, 0.25) is 5.15 Å². The van der Waals surface area contributed by atoms with Crippen molar-refractivity contribution in [3.63, 3.8) is 0 Å². The molecule has 2 heterocycles. The fourth-order valence-corrected chi connectivity index (χ4v) is 3.86. The Bertz CT molecular complexity index is 1390. The van der Waals surface area contributed by atoms with E-state index in [0.29, 0.717) is 11.6 Å². The molecule has 3 nitrogen and oxygen atoms in total. The molecule has 1 amide bonds. The van der Waals surface area contributed by atoms with Gasteiger partial charge in [-0.3, -0.25) is 9.20 Å². The number of carbonyl (C=O) groups is 1. The summed E-state index contributed by atoms with van der Waals surface area (Å²) in [6.45, 7) is 1.71. The molecule has 0 spiro atoms. The van der Waals surface area contributed by atoms with Gasteiger partial charge in [-0.1, -0.05) is 23.7 Å². The Hall–Kier alpha value is -3.46. The molecule has 0 aliphatic rings. The Labute approximate surface area is 188 Å². The van der Waals surface area contributed by atoms with Gasteiger partial charge >= 0.3 is 6.18 Å². The summed E-state index contributed by atoms with van der Waals surface area (Å²) in [6.07, 6.45) is -4.66. The molecule has 4 rings (SSSR count). The molecule has 10 heteroatoms. The van der Waals surface area contributed by atoms with Crippen LogP contribution in [-0.4, -0.2) is 10.3 Å². The summed E-state index contributed by atoms with van der Waals surface area (Å²) in [6, 6.07) is 10.00. The maximum atomic E-state index is 13.8. The van der Waals surface area contributed by atoms with E-state index in [-0.39, 0.29) is 33.7 Å². The number of hydrogen-bond donors (Lipinski definition) is 1. The van der Waals surface area contributed by atoms with Gasteiger partial charge in [0.15, 0.2) is 11.6 Å². The topological polar surface area (TPSA) is 33.5 Å². The molecule has 0 aliphatic carbocycles. The average molecular weight is 483 g/mol. The zero-order valence-electron chi connectivity index (χ0n) is 16.7. The number of rotatable bonds is 3. The van der Waals surface area contributed by atoms with Crippen molar-refractivity contribution >= 4 is 28.7 Å². The summed E-state index contributed by atoms with van der Waals surface area (Å²) in [5.41, 5.74) is -0.601. The quantitative estimate of drug-likeness (QED) is 0.186. The van der Waals surface area contributed by atoms with Crippen LogP contribution in [0.1, 0.15) is 21.5 Å². The van der Waals surface area contributed by atoms with Crippen molar-refractivity contribution in [1.82, 2.24) is 4.40 Å². The number of nitrogens with one attached hydrogen (secondary N) is 1. The molecular weight excluding hydrogens is 470 g/mol. The Balaban J connectivity index is 1.72. The van der Waals surface area contributed by atoms with Gasteiger partial charge in [-0.2, -0.15) is 13.2 Å². The number of fused-ring (bicyclic) bond motifs is 1. The number of alkyl halides is 3. The number of benzene rings is 2. The second-order valence-electron chi connectivity index (χ2n) is 7.30. The van der Waals surface area contributed by atoms with E-state index in [4.69, 9.17) is 11.6 Å². The zero-order valence-corrected chi connectivity index (χ0v) is 17.5. The van der Waals surface area contributed by atoms with Crippen molar-refractivity contribution in [3.05, 3.63) is 93.9 Å². The predicted octanol–water partition coefficient (Wildman–Crippen LogP) is 7.26. The summed E-state index contributed by atoms with van der Waals surface area (Å²) in [5, 5.41) is 2.38. The van der Waals surface area contributed by atoms with E-state index >= 15 is 0 Å². The fourth-order valence-electron chi connectivity index (χ4n) is 3.50. The first-order valence-electron chi connectivity index (χ1n) is 9.41. The summed E-state index contributed by atoms with van der Waals surface area (Å²) >= 11 is 6.23. The van der Waals surface area contributed by atoms with Gasteiger partial charge in [0.2, 0.25) is 0 Å². The highest BCUT2D eigenvalue weighted by atomic mass is 35.5. The van der Waals surface area contributed by atoms with Crippen LogP contribution in [0.4, 0.5) is 32.0 Å². The lowest BCUT2D eigenvalue weighted by Gasteiger charge is -2.12. The predicted molar refractivity (Wildman–Crippen MR) is 112 cm³/mol. The van der Waals surface area contributed by atoms with Crippen molar-refractivity contribution in [1.29, 1.82) is 0 Å². The lowest BCUT2D eigenvalue weighted by atomic mass is 10.1. The standard InChI is InChI=1S/C23H13ClF6N2O/c1-11-6-14-8-16(23(28,29)30)21(32(14)20(24)7-11)12-2-4-13(5-3-12)31-22(33)15-9-18(26)19(27)10-17(15)25/h2-10H,1H3,(H,31,33). The van der Waals surface area contributed by atoms with E-state index in [1.165, 1.54) is 34.7 Å². The molecule has 0 saturated carbocycles. The Morgan fingerprint density at radius 3 is 2.18 bits per heavy atom. The molecule has 4 aromatic rings. The van der Waals surface area contributed by atoms with Crippen LogP contribution in [0, 0.1) is 24.4 Å². The van der Waals surface area contributed by atoms with Crippen LogP contribution in [0.25, 0.3) is 16.8 Å². The third-order valence-electron chi connectivity index (χ3n) is 4.94. The molecule has 0 radical (unpaired) electrons. The number of aromatic nitrogens is 1. The first-order chi connectivity index (χ1) is 15.5. The highest BCUT2D eigenvalue weighted by molar-refractivity contribution is 6.30. The number of carbonyl (C=O) groups excluding carboxylic acids is 1. The van der Waals surface area contributed by atoms with E-state index in [2.05, 4.69) is 5.32 Å². The van der Waals surface area contributed by atoms with E-state index in [1.54, 1.807) is 13.0 Å². The molecule has 0 fully saturated rings. The minimum Gasteiger partial charge on any atom is -0.322 e. The van der Waals surface area contributed by atoms with Crippen molar-refractivity contribution < 1.29 is 31.1 Å². The van der Waals surface area contributed by atoms with E-state index in [9.17, 15) is 31.1 Å². The Morgan fingerprint density at radius 2 is 1.55 bits per heavy atom. The summed E-state index contributed by atoms with van der Waals surface area (Å²) in [4.78, 5) is 12.2. The van der Waals surface area contributed by atoms with Gasteiger partial charge in [-0.25, -0.2) is 13.2 Å². The summed E-state index contributed by atoms with van der Waals surface area (Å²) in [7, 11) is 0. The third kappa shape index (κ3) is 4.28. The van der Waals surface area contributed by atoms with Crippen molar-refractivity contribution in [3.8, 4) is 11.3 Å². The Morgan fingerprint density at radius 1 is 0.909 bits per heavy atom. The second-order valence-corrected chi connectivity index (χ2v) is 7.68. The van der Waals surface area contributed by atoms with Gasteiger partial charge in [0.25, 0.3) is 5.91 Å². The van der Waals surface area contributed by atoms with Gasteiger partial charge in [0.1, 0.15) is 11.0 Å². The van der Waals surface area contributed by atoms with Crippen LogP contribution >= 0.6 is 11.6 Å². The maximum absolute atomic E-state index is 13.8. The molecule has 2 aromatic carbocycles. The van der Waals surface area contributed by atoms with Gasteiger partial charge < -0.3 is 5.32 Å². The number of hydrogen-bond acceptors (Lipinski definition) is 1. The average Bonchev–Trinajstić information content (AvgIpc) is 3.11. The molecule has 0 bridgehead atoms. The van der Waals surface area contributed by atoms with E-state index in [1.807, 2.05) is 0 Å². The van der Waals surface area contributed by atoms with Crippen LogP contribution in [-0.2, 0) is 6.18 Å². The molecular formula is C23H13ClF6N2O. The van der Waals surface area contributed by atoms with Gasteiger partial charge in [-0.15, -0.1) is 0 Å². The molecule has 0 saturated heterocycles. The highest BCUT2D eigenvalue weighted by Gasteiger charge is 2.36. The number of nitrogens with zero attached hydrogens (tertiary/aromatic N) is 1. The fraction of sp³-hybridized carbons (Fsp3) is 0.0870. The van der Waals surface area contributed by atoms with Crippen LogP contribution in [0.3, 0.4) is 0 Å². The van der Waals surface area contributed by atoms with Gasteiger partial charge in [0.05, 0.1) is 16.8 Å². The minimum atomic E-state index is -4.66. The molecule has 33 heavy (non-hydrogen) atoms. The SMILES string of the molecule is Cc1cc(Cl)n2c(-c3ccc(NC(=O)c4cc(F)c(F)cc4F)cc3)c(C(F)(F)F)cc2c1. The maximum Gasteiger partial charge on any atom is 0.418 e. The number of anilines is 1. The number of halogens is 7. The van der Waals surface area contributed by atoms with Crippen molar-refractivity contribution in [2.75, 3.05) is 5.32 Å². The molecule has 170 valence electrons. The Kier molecular flexibility index (Phi) is 5.61. The van der Waals surface area contributed by atoms with Gasteiger partial charge in [0, 0.05) is 17.3 Å². The first kappa shape index (κ1) is 22.7. The largest absolute Gasteiger partial charge is 0.418 e. The first-order valence-corrected chi connectivity index (χ1v) is 9.78. The summed E-state index contributed by atoms with van der Waals surface area (Å²) < 4.78 is 82.7. The number of aryl methyl sites for hydroxylation is 1.